The predicted molar refractivity (Wildman–Crippen MR) is 91.1 cm³/mol. The van der Waals surface area contributed by atoms with E-state index in [4.69, 9.17) is 4.74 Å². The molecule has 0 amide bonds. The van der Waals surface area contributed by atoms with Crippen molar-refractivity contribution in [1.82, 2.24) is 9.29 Å². The molecule has 23 heavy (non-hydrogen) atoms. The Morgan fingerprint density at radius 1 is 1.17 bits per heavy atom. The number of hydrogen-bond acceptors (Lipinski definition) is 3. The van der Waals surface area contributed by atoms with Crippen LogP contribution in [0.5, 0.6) is 5.75 Å². The van der Waals surface area contributed by atoms with Gasteiger partial charge in [-0.25, -0.2) is 13.1 Å². The van der Waals surface area contributed by atoms with Crippen LogP contribution in [0.4, 0.5) is 0 Å². The van der Waals surface area contributed by atoms with Crippen LogP contribution < -0.4 is 9.46 Å². The van der Waals surface area contributed by atoms with E-state index in [1.807, 2.05) is 45.4 Å². The number of aromatic nitrogens is 1. The van der Waals surface area contributed by atoms with Crippen LogP contribution in [0, 0.1) is 13.8 Å². The lowest BCUT2D eigenvalue weighted by molar-refractivity contribution is 0.242. The maximum absolute atomic E-state index is 12.4. The number of hydrogen-bond donors (Lipinski definition) is 1. The lowest BCUT2D eigenvalue weighted by atomic mass is 10.2. The summed E-state index contributed by atoms with van der Waals surface area (Å²) in [7, 11) is -1.57. The molecule has 0 spiro atoms. The molecule has 0 saturated heterocycles. The molecule has 0 bridgehead atoms. The first-order valence-corrected chi connectivity index (χ1v) is 9.07. The second-order valence-corrected chi connectivity index (χ2v) is 7.68. The summed E-state index contributed by atoms with van der Waals surface area (Å²) < 4.78 is 35.0. The molecule has 0 radical (unpaired) electrons. The Morgan fingerprint density at radius 2 is 1.78 bits per heavy atom. The van der Waals surface area contributed by atoms with Gasteiger partial charge in [-0.3, -0.25) is 0 Å². The molecule has 1 aromatic heterocycles. The summed E-state index contributed by atoms with van der Waals surface area (Å²) in [6, 6.07) is 8.46. The van der Waals surface area contributed by atoms with Crippen molar-refractivity contribution in [2.24, 2.45) is 7.05 Å². The Labute approximate surface area is 138 Å². The highest BCUT2D eigenvalue weighted by molar-refractivity contribution is 7.89. The van der Waals surface area contributed by atoms with Gasteiger partial charge < -0.3 is 9.30 Å². The third kappa shape index (κ3) is 4.14. The van der Waals surface area contributed by atoms with Gasteiger partial charge >= 0.3 is 0 Å². The Morgan fingerprint density at radius 3 is 2.26 bits per heavy atom. The molecule has 2 aromatic rings. The van der Waals surface area contributed by atoms with E-state index in [0.717, 1.165) is 17.0 Å². The summed E-state index contributed by atoms with van der Waals surface area (Å²) in [5.74, 6) is 0.661. The van der Waals surface area contributed by atoms with E-state index >= 15 is 0 Å². The van der Waals surface area contributed by atoms with Crippen LogP contribution in [0.25, 0.3) is 0 Å². The molecule has 0 saturated carbocycles. The number of ether oxygens (including phenoxy) is 1. The first kappa shape index (κ1) is 17.6. The molecule has 0 atom stereocenters. The summed E-state index contributed by atoms with van der Waals surface area (Å²) in [4.78, 5) is 0.235. The first-order chi connectivity index (χ1) is 10.7. The quantitative estimate of drug-likeness (QED) is 0.882. The molecule has 0 unspecified atom stereocenters. The fourth-order valence-electron chi connectivity index (χ4n) is 2.34. The SMILES string of the molecule is Cc1cc(CNS(=O)(=O)c2ccc(OC(C)C)cc2)c(C)n1C. The number of rotatable bonds is 6. The number of aryl methyl sites for hydroxylation is 1. The summed E-state index contributed by atoms with van der Waals surface area (Å²) in [6.07, 6.45) is 0.0554. The largest absolute Gasteiger partial charge is 0.491 e. The average molecular weight is 336 g/mol. The van der Waals surface area contributed by atoms with E-state index in [1.54, 1.807) is 24.3 Å². The lowest BCUT2D eigenvalue weighted by Gasteiger charge is -2.11. The number of nitrogens with one attached hydrogen (secondary N) is 1. The monoisotopic (exact) mass is 336 g/mol. The highest BCUT2D eigenvalue weighted by atomic mass is 32.2. The van der Waals surface area contributed by atoms with Gasteiger partial charge in [0.25, 0.3) is 0 Å². The minimum atomic E-state index is -3.54. The van der Waals surface area contributed by atoms with Crippen molar-refractivity contribution < 1.29 is 13.2 Å². The summed E-state index contributed by atoms with van der Waals surface area (Å²) in [6.45, 7) is 8.11. The Hall–Kier alpha value is -1.79. The van der Waals surface area contributed by atoms with E-state index < -0.39 is 10.0 Å². The van der Waals surface area contributed by atoms with Crippen molar-refractivity contribution in [1.29, 1.82) is 0 Å². The molecule has 0 aliphatic heterocycles. The second-order valence-electron chi connectivity index (χ2n) is 5.92. The normalized spacial score (nSPS) is 11.9. The van der Waals surface area contributed by atoms with E-state index in [-0.39, 0.29) is 17.5 Å². The van der Waals surface area contributed by atoms with E-state index in [1.165, 1.54) is 0 Å². The van der Waals surface area contributed by atoms with Gasteiger partial charge in [0.2, 0.25) is 10.0 Å². The molecule has 5 nitrogen and oxygen atoms in total. The van der Waals surface area contributed by atoms with Crippen LogP contribution in [-0.4, -0.2) is 19.1 Å². The zero-order valence-corrected chi connectivity index (χ0v) is 15.1. The van der Waals surface area contributed by atoms with E-state index in [0.29, 0.717) is 5.75 Å². The third-order valence-electron chi connectivity index (χ3n) is 3.84. The molecule has 126 valence electrons. The predicted octanol–water partition coefficient (Wildman–Crippen LogP) is 2.91. The second kappa shape index (κ2) is 6.76. The topological polar surface area (TPSA) is 60.3 Å². The van der Waals surface area contributed by atoms with Crippen molar-refractivity contribution >= 4 is 10.0 Å². The minimum absolute atomic E-state index is 0.0554. The third-order valence-corrected chi connectivity index (χ3v) is 5.26. The maximum Gasteiger partial charge on any atom is 0.240 e. The van der Waals surface area contributed by atoms with Gasteiger partial charge in [0.15, 0.2) is 0 Å². The number of nitrogens with zero attached hydrogens (tertiary/aromatic N) is 1. The standard InChI is InChI=1S/C17H24N2O3S/c1-12(2)22-16-6-8-17(9-7-16)23(20,21)18-11-15-10-13(3)19(5)14(15)4/h6-10,12,18H,11H2,1-5H3. The van der Waals surface area contributed by atoms with Crippen LogP contribution in [0.1, 0.15) is 30.8 Å². The lowest BCUT2D eigenvalue weighted by Crippen LogP contribution is -2.23. The summed E-state index contributed by atoms with van der Waals surface area (Å²) in [5.41, 5.74) is 3.14. The van der Waals surface area contributed by atoms with Gasteiger partial charge in [-0.2, -0.15) is 0 Å². The zero-order chi connectivity index (χ0) is 17.2. The van der Waals surface area contributed by atoms with Crippen LogP contribution in [-0.2, 0) is 23.6 Å². The van der Waals surface area contributed by atoms with E-state index in [2.05, 4.69) is 4.72 Å². The Kier molecular flexibility index (Phi) is 5.16. The van der Waals surface area contributed by atoms with E-state index in [9.17, 15) is 8.42 Å². The van der Waals surface area contributed by atoms with Gasteiger partial charge in [-0.15, -0.1) is 0 Å². The van der Waals surface area contributed by atoms with Crippen molar-refractivity contribution in [3.8, 4) is 5.75 Å². The van der Waals surface area contributed by atoms with Crippen LogP contribution in [0.3, 0.4) is 0 Å². The fraction of sp³-hybridized carbons (Fsp3) is 0.412. The minimum Gasteiger partial charge on any atom is -0.491 e. The first-order valence-electron chi connectivity index (χ1n) is 7.59. The van der Waals surface area contributed by atoms with Crippen molar-refractivity contribution in [3.63, 3.8) is 0 Å². The summed E-state index contributed by atoms with van der Waals surface area (Å²) >= 11 is 0. The molecule has 6 heteroatoms. The van der Waals surface area contributed by atoms with Gasteiger partial charge in [-0.05, 0) is 63.6 Å². The maximum atomic E-state index is 12.4. The summed E-state index contributed by atoms with van der Waals surface area (Å²) in [5, 5.41) is 0. The molecule has 1 aromatic carbocycles. The molecule has 0 aliphatic carbocycles. The molecule has 0 fully saturated rings. The molecule has 1 heterocycles. The van der Waals surface area contributed by atoms with Gasteiger partial charge in [0.1, 0.15) is 5.75 Å². The molecule has 2 rings (SSSR count). The molecular weight excluding hydrogens is 312 g/mol. The zero-order valence-electron chi connectivity index (χ0n) is 14.3. The average Bonchev–Trinajstić information content (AvgIpc) is 2.72. The van der Waals surface area contributed by atoms with Crippen molar-refractivity contribution in [2.75, 3.05) is 0 Å². The van der Waals surface area contributed by atoms with Gasteiger partial charge in [0, 0.05) is 25.0 Å². The molecule has 0 aliphatic rings. The van der Waals surface area contributed by atoms with Gasteiger partial charge in [0.05, 0.1) is 11.0 Å². The Bertz CT molecular complexity index is 775. The molecule has 1 N–H and O–H groups in total. The Balaban J connectivity index is 2.11. The smallest absolute Gasteiger partial charge is 0.240 e. The highest BCUT2D eigenvalue weighted by Gasteiger charge is 2.15. The van der Waals surface area contributed by atoms with Crippen molar-refractivity contribution in [2.45, 2.75) is 45.2 Å². The van der Waals surface area contributed by atoms with Crippen LogP contribution in [0.15, 0.2) is 35.2 Å². The fourth-order valence-corrected chi connectivity index (χ4v) is 3.34. The number of benzene rings is 1. The highest BCUT2D eigenvalue weighted by Crippen LogP contribution is 2.18. The van der Waals surface area contributed by atoms with Crippen molar-refractivity contribution in [3.05, 3.63) is 47.3 Å². The molecular formula is C17H24N2O3S. The van der Waals surface area contributed by atoms with Gasteiger partial charge in [-0.1, -0.05) is 0 Å². The number of sulfonamides is 1. The van der Waals surface area contributed by atoms with Crippen LogP contribution >= 0.6 is 0 Å². The van der Waals surface area contributed by atoms with Crippen LogP contribution in [0.2, 0.25) is 0 Å².